The predicted molar refractivity (Wildman–Crippen MR) is 185 cm³/mol. The van der Waals surface area contributed by atoms with Gasteiger partial charge in [0.1, 0.15) is 19.3 Å². The van der Waals surface area contributed by atoms with Crippen LogP contribution >= 0.6 is 0 Å². The van der Waals surface area contributed by atoms with Gasteiger partial charge in [-0.2, -0.15) is 0 Å². The van der Waals surface area contributed by atoms with E-state index >= 15 is 0 Å². The van der Waals surface area contributed by atoms with Crippen molar-refractivity contribution in [1.82, 2.24) is 0 Å². The monoisotopic (exact) mass is 634 g/mol. The molecule has 0 aliphatic heterocycles. The molecule has 1 unspecified atom stereocenters. The molecule has 0 fully saturated rings. The highest BCUT2D eigenvalue weighted by Crippen LogP contribution is 2.15. The molecule has 0 saturated heterocycles. The van der Waals surface area contributed by atoms with Gasteiger partial charge in [-0.25, -0.2) is 0 Å². The molecule has 260 valence electrons. The average molecular weight is 635 g/mol. The topological polar surface area (TPSA) is 113 Å². The third kappa shape index (κ3) is 31.5. The second-order valence-corrected chi connectivity index (χ2v) is 12.3. The zero-order chi connectivity index (χ0) is 33.4. The van der Waals surface area contributed by atoms with Gasteiger partial charge in [-0.3, -0.25) is 9.59 Å². The molecule has 0 heterocycles. The highest BCUT2D eigenvalue weighted by atomic mass is 16.6. The van der Waals surface area contributed by atoms with Crippen LogP contribution in [0.3, 0.4) is 0 Å². The molecule has 0 aromatic heterocycles. The highest BCUT2D eigenvalue weighted by Gasteiger charge is 2.12. The molecule has 0 saturated carbocycles. The fraction of sp³-hybridized carbons (Fsp3) is 0.737. The Bertz CT molecular complexity index is 817. The number of hydrogen-bond donors (Lipinski definition) is 3. The lowest BCUT2D eigenvalue weighted by Gasteiger charge is -2.12. The van der Waals surface area contributed by atoms with Crippen LogP contribution in [0.2, 0.25) is 0 Å². The lowest BCUT2D eigenvalue weighted by atomic mass is 9.99. The van der Waals surface area contributed by atoms with E-state index < -0.39 is 24.3 Å². The summed E-state index contributed by atoms with van der Waals surface area (Å²) in [6.45, 7) is 6.34. The number of carbonyl (C=O) groups excluding carboxylic acids is 2. The van der Waals surface area contributed by atoms with E-state index in [2.05, 4.69) is 26.8 Å². The van der Waals surface area contributed by atoms with Gasteiger partial charge in [-0.15, -0.1) is 0 Å². The molecule has 7 heteroatoms. The van der Waals surface area contributed by atoms with Crippen LogP contribution in [0.25, 0.3) is 0 Å². The number of aliphatic hydroxyl groups excluding tert-OH is 3. The van der Waals surface area contributed by atoms with Crippen molar-refractivity contribution >= 4 is 11.9 Å². The summed E-state index contributed by atoms with van der Waals surface area (Å²) >= 11 is 0. The van der Waals surface area contributed by atoms with E-state index in [0.717, 1.165) is 31.6 Å². The number of aliphatic hydroxyl groups is 3. The fourth-order valence-electron chi connectivity index (χ4n) is 4.61. The van der Waals surface area contributed by atoms with Crippen molar-refractivity contribution in [2.24, 2.45) is 5.92 Å². The molecule has 0 aromatic carbocycles. The fourth-order valence-corrected chi connectivity index (χ4v) is 4.61. The Morgan fingerprint density at radius 3 is 1.78 bits per heavy atom. The van der Waals surface area contributed by atoms with E-state index in [-0.39, 0.29) is 25.6 Å². The van der Waals surface area contributed by atoms with Crippen molar-refractivity contribution in [3.8, 4) is 0 Å². The van der Waals surface area contributed by atoms with Gasteiger partial charge in [0, 0.05) is 12.8 Å². The zero-order valence-corrected chi connectivity index (χ0v) is 28.8. The first-order chi connectivity index (χ1) is 21.8. The summed E-state index contributed by atoms with van der Waals surface area (Å²) in [5.41, 5.74) is 0. The van der Waals surface area contributed by atoms with Crippen LogP contribution in [0.4, 0.5) is 0 Å². The summed E-state index contributed by atoms with van der Waals surface area (Å²) in [4.78, 5) is 23.8. The van der Waals surface area contributed by atoms with Crippen molar-refractivity contribution in [2.75, 3.05) is 13.2 Å². The molecule has 0 bridgehead atoms. The Kier molecular flexibility index (Phi) is 30.2. The summed E-state index contributed by atoms with van der Waals surface area (Å²) in [5, 5.41) is 30.0. The minimum absolute atomic E-state index is 0.124. The number of carbonyl (C=O) groups is 2. The molecule has 7 nitrogen and oxygen atoms in total. The maximum Gasteiger partial charge on any atom is 0.305 e. The molecule has 0 rings (SSSR count). The SMILES string of the molecule is CCCCC/C=C\C[C@@H](O)/C=C/C=C/C=C\[C@@H](O)CCCC(=O)OC[C@@H](O)COC(=O)CCCCCCCCCCC(C)CC. The number of ether oxygens (including phenoxy) is 2. The number of hydrogen-bond acceptors (Lipinski definition) is 7. The van der Waals surface area contributed by atoms with Gasteiger partial charge in [-0.1, -0.05) is 140 Å². The van der Waals surface area contributed by atoms with Crippen molar-refractivity contribution in [3.63, 3.8) is 0 Å². The van der Waals surface area contributed by atoms with Crippen LogP contribution in [0.15, 0.2) is 48.6 Å². The van der Waals surface area contributed by atoms with Gasteiger partial charge in [0.05, 0.1) is 12.2 Å². The maximum absolute atomic E-state index is 11.9. The molecule has 0 aromatic rings. The second kappa shape index (κ2) is 31.7. The summed E-state index contributed by atoms with van der Waals surface area (Å²) < 4.78 is 10.2. The molecule has 0 spiro atoms. The molecule has 0 aliphatic rings. The molecule has 0 amide bonds. The van der Waals surface area contributed by atoms with Crippen LogP contribution in [-0.2, 0) is 19.1 Å². The number of esters is 2. The van der Waals surface area contributed by atoms with Crippen molar-refractivity contribution in [3.05, 3.63) is 48.6 Å². The van der Waals surface area contributed by atoms with Gasteiger partial charge < -0.3 is 24.8 Å². The van der Waals surface area contributed by atoms with Gasteiger partial charge in [-0.05, 0) is 44.4 Å². The maximum atomic E-state index is 11.9. The predicted octanol–water partition coefficient (Wildman–Crippen LogP) is 8.47. The summed E-state index contributed by atoms with van der Waals surface area (Å²) in [6, 6.07) is 0. The minimum Gasteiger partial charge on any atom is -0.463 e. The normalized spacial score (nSPS) is 14.9. The summed E-state index contributed by atoms with van der Waals surface area (Å²) in [5.74, 6) is 0.0387. The minimum atomic E-state index is -1.05. The largest absolute Gasteiger partial charge is 0.463 e. The Labute approximate surface area is 274 Å². The Balaban J connectivity index is 3.77. The van der Waals surface area contributed by atoms with Crippen LogP contribution in [0.5, 0.6) is 0 Å². The molecular weight excluding hydrogens is 568 g/mol. The second-order valence-electron chi connectivity index (χ2n) is 12.3. The summed E-state index contributed by atoms with van der Waals surface area (Å²) in [7, 11) is 0. The number of rotatable bonds is 30. The van der Waals surface area contributed by atoms with E-state index in [1.807, 2.05) is 6.08 Å². The van der Waals surface area contributed by atoms with E-state index in [9.17, 15) is 24.9 Å². The lowest BCUT2D eigenvalue weighted by molar-refractivity contribution is -0.152. The van der Waals surface area contributed by atoms with Crippen LogP contribution in [-0.4, -0.2) is 58.8 Å². The smallest absolute Gasteiger partial charge is 0.305 e. The molecular formula is C38H66O7. The third-order valence-corrected chi connectivity index (χ3v) is 7.80. The quantitative estimate of drug-likeness (QED) is 0.0314. The van der Waals surface area contributed by atoms with Gasteiger partial charge >= 0.3 is 11.9 Å². The van der Waals surface area contributed by atoms with Crippen molar-refractivity contribution in [2.45, 2.75) is 161 Å². The first-order valence-electron chi connectivity index (χ1n) is 17.8. The van der Waals surface area contributed by atoms with Gasteiger partial charge in [0.2, 0.25) is 0 Å². The van der Waals surface area contributed by atoms with E-state index in [4.69, 9.17) is 9.47 Å². The zero-order valence-electron chi connectivity index (χ0n) is 28.8. The first kappa shape index (κ1) is 42.8. The number of allylic oxidation sites excluding steroid dienone is 5. The van der Waals surface area contributed by atoms with Crippen molar-refractivity contribution in [1.29, 1.82) is 0 Å². The van der Waals surface area contributed by atoms with Crippen LogP contribution in [0.1, 0.15) is 143 Å². The standard InChI is InChI=1S/C38H66O7/c1-4-6-7-8-14-19-25-34(39)26-20-16-17-21-27-35(40)28-23-30-38(43)45-32-36(41)31-44-37(42)29-22-15-12-10-9-11-13-18-24-33(3)5-2/h14,16-17,19-21,26-27,33-36,39-41H,4-13,15,18,22-25,28-32H2,1-3H3/b17-16+,19-14-,26-20+,27-21-/t33?,34-,35-,36+/m1/s1. The molecule has 3 N–H and O–H groups in total. The number of unbranched alkanes of at least 4 members (excludes halogenated alkanes) is 10. The van der Waals surface area contributed by atoms with E-state index in [0.29, 0.717) is 25.7 Å². The molecule has 0 radical (unpaired) electrons. The van der Waals surface area contributed by atoms with Gasteiger partial charge in [0.25, 0.3) is 0 Å². The van der Waals surface area contributed by atoms with E-state index in [1.165, 1.54) is 64.2 Å². The van der Waals surface area contributed by atoms with Gasteiger partial charge in [0.15, 0.2) is 0 Å². The average Bonchev–Trinajstić information content (AvgIpc) is 3.02. The Morgan fingerprint density at radius 2 is 1.18 bits per heavy atom. The first-order valence-corrected chi connectivity index (χ1v) is 17.8. The molecule has 45 heavy (non-hydrogen) atoms. The molecule has 0 aliphatic carbocycles. The molecule has 4 atom stereocenters. The summed E-state index contributed by atoms with van der Waals surface area (Å²) in [6.07, 6.45) is 30.8. The van der Waals surface area contributed by atoms with E-state index in [1.54, 1.807) is 36.5 Å². The Morgan fingerprint density at radius 1 is 0.622 bits per heavy atom. The Hall–Kier alpha value is -2.22. The van der Waals surface area contributed by atoms with Crippen LogP contribution in [0, 0.1) is 5.92 Å². The van der Waals surface area contributed by atoms with Crippen LogP contribution < -0.4 is 0 Å². The third-order valence-electron chi connectivity index (χ3n) is 7.80. The van der Waals surface area contributed by atoms with Crippen molar-refractivity contribution < 1.29 is 34.4 Å². The highest BCUT2D eigenvalue weighted by molar-refractivity contribution is 5.69. The lowest BCUT2D eigenvalue weighted by Crippen LogP contribution is -2.25.